The molecule has 4 N–H and O–H groups in total. The molecule has 1 heterocycles. The summed E-state index contributed by atoms with van der Waals surface area (Å²) in [5, 5.41) is 2.81. The van der Waals surface area contributed by atoms with Crippen LogP contribution < -0.4 is 16.8 Å². The van der Waals surface area contributed by atoms with E-state index in [1.54, 1.807) is 18.2 Å². The number of hydrogen-bond acceptors (Lipinski definition) is 4. The molecule has 6 heteroatoms. The normalized spacial score (nSPS) is 16.7. The smallest absolute Gasteiger partial charge is 0.408 e. The number of aromatic nitrogens is 1. The van der Waals surface area contributed by atoms with Crippen molar-refractivity contribution in [2.45, 2.75) is 12.8 Å². The van der Waals surface area contributed by atoms with E-state index in [0.29, 0.717) is 23.3 Å². The minimum absolute atomic E-state index is 0.0600. The van der Waals surface area contributed by atoms with Crippen LogP contribution in [-0.2, 0) is 4.79 Å². The van der Waals surface area contributed by atoms with Gasteiger partial charge in [0.2, 0.25) is 5.91 Å². The topological polar surface area (TPSA) is 101 Å². The number of hydrogen-bond donors (Lipinski definition) is 3. The van der Waals surface area contributed by atoms with Gasteiger partial charge in [0.05, 0.1) is 10.9 Å². The number of amides is 1. The van der Waals surface area contributed by atoms with Crippen molar-refractivity contribution in [1.82, 2.24) is 4.98 Å². The van der Waals surface area contributed by atoms with Crippen molar-refractivity contribution in [3.63, 3.8) is 0 Å². The molecule has 1 aliphatic carbocycles. The molecule has 0 aliphatic heterocycles. The monoisotopic (exact) mass is 247 g/mol. The van der Waals surface area contributed by atoms with Crippen LogP contribution in [-0.4, -0.2) is 17.4 Å². The molecular weight excluding hydrogens is 234 g/mol. The molecular formula is C12H13N3O3. The summed E-state index contributed by atoms with van der Waals surface area (Å²) in [6.45, 7) is 0.365. The SMILES string of the molecule is NCC1(C(=O)Nc2ccc3oc(=O)[nH]c3c2)CC1. The minimum atomic E-state index is -0.505. The Labute approximate surface area is 102 Å². The van der Waals surface area contributed by atoms with Crippen LogP contribution in [0.15, 0.2) is 27.4 Å². The number of anilines is 1. The first kappa shape index (κ1) is 11.0. The highest BCUT2D eigenvalue weighted by Gasteiger charge is 2.48. The first-order valence-corrected chi connectivity index (χ1v) is 5.77. The highest BCUT2D eigenvalue weighted by Crippen LogP contribution is 2.45. The number of benzene rings is 1. The number of oxazole rings is 1. The van der Waals surface area contributed by atoms with E-state index in [2.05, 4.69) is 10.3 Å². The quantitative estimate of drug-likeness (QED) is 0.746. The number of nitrogens with two attached hydrogens (primary N) is 1. The molecule has 94 valence electrons. The standard InChI is InChI=1S/C12H13N3O3/c13-6-12(3-4-12)10(16)14-7-1-2-9-8(5-7)15-11(17)18-9/h1-2,5H,3-4,6,13H2,(H,14,16)(H,15,17). The first-order valence-electron chi connectivity index (χ1n) is 5.77. The molecule has 1 fully saturated rings. The maximum absolute atomic E-state index is 12.0. The Balaban J connectivity index is 1.86. The van der Waals surface area contributed by atoms with Gasteiger partial charge in [0.1, 0.15) is 0 Å². The molecule has 0 saturated heterocycles. The van der Waals surface area contributed by atoms with Gasteiger partial charge >= 0.3 is 5.76 Å². The van der Waals surface area contributed by atoms with Crippen molar-refractivity contribution in [3.05, 3.63) is 28.7 Å². The molecule has 0 unspecified atom stereocenters. The van der Waals surface area contributed by atoms with Crippen LogP contribution in [0.1, 0.15) is 12.8 Å². The second-order valence-electron chi connectivity index (χ2n) is 4.66. The Kier molecular flexibility index (Phi) is 2.27. The number of carbonyl (C=O) groups excluding carboxylic acids is 1. The molecule has 1 aliphatic rings. The number of nitrogens with one attached hydrogen (secondary N) is 2. The molecule has 0 atom stereocenters. The lowest BCUT2D eigenvalue weighted by Gasteiger charge is -2.12. The number of fused-ring (bicyclic) bond motifs is 1. The number of rotatable bonds is 3. The number of aromatic amines is 1. The molecule has 0 bridgehead atoms. The summed E-state index contributed by atoms with van der Waals surface area (Å²) in [4.78, 5) is 25.5. The summed E-state index contributed by atoms with van der Waals surface area (Å²) in [5.41, 5.74) is 6.87. The van der Waals surface area contributed by atoms with E-state index in [4.69, 9.17) is 10.2 Å². The van der Waals surface area contributed by atoms with Gasteiger partial charge in [-0.25, -0.2) is 4.79 Å². The predicted molar refractivity (Wildman–Crippen MR) is 66.2 cm³/mol. The zero-order chi connectivity index (χ0) is 12.8. The van der Waals surface area contributed by atoms with Crippen LogP contribution in [0.25, 0.3) is 11.1 Å². The Morgan fingerprint density at radius 2 is 2.28 bits per heavy atom. The fourth-order valence-electron chi connectivity index (χ4n) is 1.97. The summed E-state index contributed by atoms with van der Waals surface area (Å²) in [7, 11) is 0. The van der Waals surface area contributed by atoms with Gasteiger partial charge in [-0.3, -0.25) is 9.78 Å². The average Bonchev–Trinajstić information content (AvgIpc) is 3.06. The van der Waals surface area contributed by atoms with E-state index in [1.807, 2.05) is 0 Å². The van der Waals surface area contributed by atoms with Crippen LogP contribution in [0.3, 0.4) is 0 Å². The van der Waals surface area contributed by atoms with Crippen LogP contribution in [0.2, 0.25) is 0 Å². The summed E-state index contributed by atoms with van der Waals surface area (Å²) in [5.74, 6) is -0.565. The van der Waals surface area contributed by atoms with Gasteiger partial charge in [-0.1, -0.05) is 0 Å². The molecule has 1 aromatic carbocycles. The lowest BCUT2D eigenvalue weighted by Crippen LogP contribution is -2.30. The van der Waals surface area contributed by atoms with Crippen LogP contribution in [0, 0.1) is 5.41 Å². The van der Waals surface area contributed by atoms with Gasteiger partial charge in [-0.05, 0) is 31.0 Å². The zero-order valence-corrected chi connectivity index (χ0v) is 9.66. The largest absolute Gasteiger partial charge is 0.417 e. The third-order valence-electron chi connectivity index (χ3n) is 3.40. The lowest BCUT2D eigenvalue weighted by atomic mass is 10.1. The first-order chi connectivity index (χ1) is 8.63. The summed E-state index contributed by atoms with van der Waals surface area (Å²) in [6, 6.07) is 5.01. The Hall–Kier alpha value is -2.08. The third kappa shape index (κ3) is 1.70. The summed E-state index contributed by atoms with van der Waals surface area (Å²) in [6.07, 6.45) is 1.67. The van der Waals surface area contributed by atoms with Crippen molar-refractivity contribution in [2.24, 2.45) is 11.1 Å². The van der Waals surface area contributed by atoms with Gasteiger partial charge in [0.25, 0.3) is 0 Å². The van der Waals surface area contributed by atoms with E-state index in [-0.39, 0.29) is 5.91 Å². The molecule has 0 spiro atoms. The summed E-state index contributed by atoms with van der Waals surface area (Å²) < 4.78 is 4.88. The van der Waals surface area contributed by atoms with Crippen molar-refractivity contribution in [2.75, 3.05) is 11.9 Å². The fourth-order valence-corrected chi connectivity index (χ4v) is 1.97. The van der Waals surface area contributed by atoms with Crippen molar-refractivity contribution in [1.29, 1.82) is 0 Å². The molecule has 0 radical (unpaired) electrons. The Morgan fingerprint density at radius 3 is 2.94 bits per heavy atom. The second-order valence-corrected chi connectivity index (χ2v) is 4.66. The predicted octanol–water partition coefficient (Wildman–Crippen LogP) is 0.798. The van der Waals surface area contributed by atoms with Crippen LogP contribution in [0.5, 0.6) is 0 Å². The van der Waals surface area contributed by atoms with E-state index < -0.39 is 11.2 Å². The van der Waals surface area contributed by atoms with Crippen molar-refractivity contribution < 1.29 is 9.21 Å². The highest BCUT2D eigenvalue weighted by molar-refractivity contribution is 5.98. The molecule has 3 rings (SSSR count). The molecule has 6 nitrogen and oxygen atoms in total. The molecule has 2 aromatic rings. The lowest BCUT2D eigenvalue weighted by molar-refractivity contribution is -0.120. The van der Waals surface area contributed by atoms with E-state index in [0.717, 1.165) is 12.8 Å². The fraction of sp³-hybridized carbons (Fsp3) is 0.333. The maximum Gasteiger partial charge on any atom is 0.417 e. The van der Waals surface area contributed by atoms with E-state index >= 15 is 0 Å². The van der Waals surface area contributed by atoms with E-state index in [9.17, 15) is 9.59 Å². The van der Waals surface area contributed by atoms with E-state index in [1.165, 1.54) is 0 Å². The second kappa shape index (κ2) is 3.71. The summed E-state index contributed by atoms with van der Waals surface area (Å²) >= 11 is 0. The third-order valence-corrected chi connectivity index (χ3v) is 3.40. The Bertz CT molecular complexity index is 667. The average molecular weight is 247 g/mol. The number of carbonyl (C=O) groups is 1. The molecule has 1 amide bonds. The van der Waals surface area contributed by atoms with Crippen LogP contribution in [0.4, 0.5) is 5.69 Å². The minimum Gasteiger partial charge on any atom is -0.408 e. The van der Waals surface area contributed by atoms with Crippen molar-refractivity contribution >= 4 is 22.7 Å². The maximum atomic E-state index is 12.0. The zero-order valence-electron chi connectivity index (χ0n) is 9.66. The van der Waals surface area contributed by atoms with Gasteiger partial charge in [-0.15, -0.1) is 0 Å². The van der Waals surface area contributed by atoms with Gasteiger partial charge in [0.15, 0.2) is 5.58 Å². The van der Waals surface area contributed by atoms with Crippen LogP contribution >= 0.6 is 0 Å². The van der Waals surface area contributed by atoms with Gasteiger partial charge in [-0.2, -0.15) is 0 Å². The Morgan fingerprint density at radius 1 is 1.50 bits per heavy atom. The molecule has 18 heavy (non-hydrogen) atoms. The van der Waals surface area contributed by atoms with Gasteiger partial charge < -0.3 is 15.5 Å². The van der Waals surface area contributed by atoms with Crippen molar-refractivity contribution in [3.8, 4) is 0 Å². The van der Waals surface area contributed by atoms with Gasteiger partial charge in [0, 0.05) is 12.2 Å². The number of H-pyrrole nitrogens is 1. The molecule has 1 saturated carbocycles. The highest BCUT2D eigenvalue weighted by atomic mass is 16.4. The molecule has 1 aromatic heterocycles.